The summed E-state index contributed by atoms with van der Waals surface area (Å²) in [5.41, 5.74) is 0.732. The number of hydrogen-bond donors (Lipinski definition) is 2. The molecule has 0 radical (unpaired) electrons. The zero-order chi connectivity index (χ0) is 14.9. The molecule has 1 unspecified atom stereocenters. The summed E-state index contributed by atoms with van der Waals surface area (Å²) >= 11 is 0. The maximum atomic E-state index is 12.5. The van der Waals surface area contributed by atoms with Gasteiger partial charge in [0.2, 0.25) is 0 Å². The maximum absolute atomic E-state index is 12.5. The molecule has 1 saturated heterocycles. The van der Waals surface area contributed by atoms with Crippen molar-refractivity contribution in [2.24, 2.45) is 0 Å². The minimum absolute atomic E-state index is 0.121. The molecule has 1 aliphatic rings. The van der Waals surface area contributed by atoms with Crippen molar-refractivity contribution in [1.82, 2.24) is 25.3 Å². The van der Waals surface area contributed by atoms with E-state index in [1.54, 1.807) is 23.2 Å². The molecule has 2 aromatic heterocycles. The molecule has 2 N–H and O–H groups in total. The third-order valence-electron chi connectivity index (χ3n) is 3.81. The molecule has 7 nitrogen and oxygen atoms in total. The first-order valence-corrected chi connectivity index (χ1v) is 6.89. The number of aliphatic hydroxyl groups is 1. The Morgan fingerprint density at radius 3 is 2.95 bits per heavy atom. The van der Waals surface area contributed by atoms with Crippen molar-refractivity contribution in [2.45, 2.75) is 25.4 Å². The monoisotopic (exact) mass is 287 g/mol. The second-order valence-electron chi connectivity index (χ2n) is 5.41. The lowest BCUT2D eigenvalue weighted by Gasteiger charge is -2.37. The first-order valence-electron chi connectivity index (χ1n) is 6.89. The van der Waals surface area contributed by atoms with Gasteiger partial charge in [-0.15, -0.1) is 0 Å². The van der Waals surface area contributed by atoms with Crippen molar-refractivity contribution in [3.8, 4) is 0 Å². The largest absolute Gasteiger partial charge is 0.382 e. The molecule has 3 heterocycles. The van der Waals surface area contributed by atoms with E-state index >= 15 is 0 Å². The number of carbonyl (C=O) groups excluding carboxylic acids is 1. The topological polar surface area (TPSA) is 95.0 Å². The lowest BCUT2D eigenvalue weighted by atomic mass is 9.89. The van der Waals surface area contributed by atoms with Crippen LogP contribution in [0.25, 0.3) is 0 Å². The third kappa shape index (κ3) is 2.64. The molecule has 0 saturated carbocycles. The van der Waals surface area contributed by atoms with Crippen LogP contribution in [0.4, 0.5) is 0 Å². The number of likely N-dealkylation sites (tertiary alicyclic amines) is 1. The standard InChI is InChI=1S/C14H17N5O2/c1-10-3-4-11(7-15-10)13(20)19-6-2-5-14(21,9-19)12-8-16-18-17-12/h3-4,7-8,21H,2,5-6,9H2,1H3,(H,16,17,18). The van der Waals surface area contributed by atoms with Gasteiger partial charge in [-0.3, -0.25) is 9.78 Å². The van der Waals surface area contributed by atoms with Gasteiger partial charge in [0, 0.05) is 18.4 Å². The number of piperidine rings is 1. The summed E-state index contributed by atoms with van der Waals surface area (Å²) < 4.78 is 0. The van der Waals surface area contributed by atoms with E-state index in [1.807, 2.05) is 6.92 Å². The Morgan fingerprint density at radius 2 is 2.29 bits per heavy atom. The van der Waals surface area contributed by atoms with E-state index in [0.717, 1.165) is 5.69 Å². The smallest absolute Gasteiger partial charge is 0.255 e. The molecule has 1 amide bonds. The summed E-state index contributed by atoms with van der Waals surface area (Å²) in [6.07, 6.45) is 4.35. The molecule has 0 aliphatic carbocycles. The number of rotatable bonds is 2. The molecule has 1 aliphatic heterocycles. The van der Waals surface area contributed by atoms with Gasteiger partial charge in [0.25, 0.3) is 5.91 Å². The van der Waals surface area contributed by atoms with Crippen LogP contribution in [0.2, 0.25) is 0 Å². The third-order valence-corrected chi connectivity index (χ3v) is 3.81. The normalized spacial score (nSPS) is 22.3. The lowest BCUT2D eigenvalue weighted by Crippen LogP contribution is -2.48. The van der Waals surface area contributed by atoms with Crippen LogP contribution < -0.4 is 0 Å². The van der Waals surface area contributed by atoms with Crippen LogP contribution in [0.5, 0.6) is 0 Å². The molecular weight excluding hydrogens is 270 g/mol. The van der Waals surface area contributed by atoms with Gasteiger partial charge >= 0.3 is 0 Å². The van der Waals surface area contributed by atoms with Gasteiger partial charge in [0.15, 0.2) is 0 Å². The fraction of sp³-hybridized carbons (Fsp3) is 0.429. The fourth-order valence-corrected chi connectivity index (χ4v) is 2.62. The van der Waals surface area contributed by atoms with Crippen LogP contribution in [0, 0.1) is 6.92 Å². The molecule has 3 rings (SSSR count). The van der Waals surface area contributed by atoms with Gasteiger partial charge in [-0.1, -0.05) is 0 Å². The SMILES string of the molecule is Cc1ccc(C(=O)N2CCCC(O)(c3cn[nH]n3)C2)cn1. The molecule has 110 valence electrons. The van der Waals surface area contributed by atoms with Gasteiger partial charge in [0.1, 0.15) is 11.3 Å². The molecule has 2 aromatic rings. The quantitative estimate of drug-likeness (QED) is 0.845. The number of hydrogen-bond acceptors (Lipinski definition) is 5. The van der Waals surface area contributed by atoms with Gasteiger partial charge < -0.3 is 10.0 Å². The minimum atomic E-state index is -1.14. The van der Waals surface area contributed by atoms with Crippen LogP contribution in [0.1, 0.15) is 34.6 Å². The number of nitrogens with zero attached hydrogens (tertiary/aromatic N) is 4. The Bertz CT molecular complexity index is 625. The summed E-state index contributed by atoms with van der Waals surface area (Å²) in [5.74, 6) is -0.121. The van der Waals surface area contributed by atoms with Gasteiger partial charge in [0.05, 0.1) is 18.3 Å². The number of amides is 1. The highest BCUT2D eigenvalue weighted by Crippen LogP contribution is 2.30. The highest BCUT2D eigenvalue weighted by Gasteiger charge is 2.38. The van der Waals surface area contributed by atoms with E-state index in [1.165, 1.54) is 6.20 Å². The Hall–Kier alpha value is -2.28. The van der Waals surface area contributed by atoms with Crippen LogP contribution >= 0.6 is 0 Å². The van der Waals surface area contributed by atoms with E-state index in [0.29, 0.717) is 30.6 Å². The predicted molar refractivity (Wildman–Crippen MR) is 74.4 cm³/mol. The Morgan fingerprint density at radius 1 is 1.43 bits per heavy atom. The predicted octanol–water partition coefficient (Wildman–Crippen LogP) is 0.632. The summed E-state index contributed by atoms with van der Waals surface area (Å²) in [4.78, 5) is 18.3. The zero-order valence-electron chi connectivity index (χ0n) is 11.8. The Kier molecular flexibility index (Phi) is 3.42. The van der Waals surface area contributed by atoms with E-state index in [4.69, 9.17) is 0 Å². The van der Waals surface area contributed by atoms with Crippen LogP contribution in [-0.2, 0) is 5.60 Å². The zero-order valence-corrected chi connectivity index (χ0v) is 11.8. The van der Waals surface area contributed by atoms with Gasteiger partial charge in [-0.05, 0) is 31.9 Å². The molecule has 7 heteroatoms. The highest BCUT2D eigenvalue weighted by atomic mass is 16.3. The molecule has 1 atom stereocenters. The summed E-state index contributed by atoms with van der Waals surface area (Å²) in [7, 11) is 0. The number of β-amino-alcohol motifs (C(OH)–C–C–N with tert-alkyl or cyclic N) is 1. The number of aromatic amines is 1. The molecule has 0 aromatic carbocycles. The van der Waals surface area contributed by atoms with Crippen LogP contribution in [0.3, 0.4) is 0 Å². The number of aromatic nitrogens is 4. The first-order chi connectivity index (χ1) is 10.1. The number of pyridine rings is 1. The molecule has 0 bridgehead atoms. The van der Waals surface area contributed by atoms with Crippen molar-refractivity contribution in [1.29, 1.82) is 0 Å². The average molecular weight is 287 g/mol. The number of aryl methyl sites for hydroxylation is 1. The summed E-state index contributed by atoms with van der Waals surface area (Å²) in [5, 5.41) is 20.9. The van der Waals surface area contributed by atoms with Crippen LogP contribution in [-0.4, -0.2) is 49.4 Å². The summed E-state index contributed by atoms with van der Waals surface area (Å²) in [6, 6.07) is 3.56. The van der Waals surface area contributed by atoms with Crippen LogP contribution in [0.15, 0.2) is 24.5 Å². The number of carbonyl (C=O) groups is 1. The van der Waals surface area contributed by atoms with Crippen molar-refractivity contribution in [3.05, 3.63) is 41.5 Å². The van der Waals surface area contributed by atoms with E-state index in [9.17, 15) is 9.90 Å². The number of nitrogens with one attached hydrogen (secondary N) is 1. The Labute approximate surface area is 122 Å². The average Bonchev–Trinajstić information content (AvgIpc) is 3.02. The van der Waals surface area contributed by atoms with E-state index in [-0.39, 0.29) is 12.5 Å². The molecular formula is C14H17N5O2. The summed E-state index contributed by atoms with van der Waals surface area (Å²) in [6.45, 7) is 2.71. The van der Waals surface area contributed by atoms with E-state index < -0.39 is 5.60 Å². The van der Waals surface area contributed by atoms with Crippen molar-refractivity contribution >= 4 is 5.91 Å². The second kappa shape index (κ2) is 5.25. The fourth-order valence-electron chi connectivity index (χ4n) is 2.62. The van der Waals surface area contributed by atoms with Crippen molar-refractivity contribution in [2.75, 3.05) is 13.1 Å². The van der Waals surface area contributed by atoms with Crippen molar-refractivity contribution < 1.29 is 9.90 Å². The van der Waals surface area contributed by atoms with Crippen molar-refractivity contribution in [3.63, 3.8) is 0 Å². The number of H-pyrrole nitrogens is 1. The highest BCUT2D eigenvalue weighted by molar-refractivity contribution is 5.94. The lowest BCUT2D eigenvalue weighted by molar-refractivity contribution is -0.0320. The molecule has 1 fully saturated rings. The maximum Gasteiger partial charge on any atom is 0.255 e. The van der Waals surface area contributed by atoms with Gasteiger partial charge in [-0.25, -0.2) is 0 Å². The minimum Gasteiger partial charge on any atom is -0.382 e. The van der Waals surface area contributed by atoms with Gasteiger partial charge in [-0.2, -0.15) is 15.4 Å². The first kappa shape index (κ1) is 13.7. The Balaban J connectivity index is 1.80. The second-order valence-corrected chi connectivity index (χ2v) is 5.41. The molecule has 0 spiro atoms. The molecule has 21 heavy (non-hydrogen) atoms. The van der Waals surface area contributed by atoms with E-state index in [2.05, 4.69) is 20.4 Å².